The van der Waals surface area contributed by atoms with Crippen molar-refractivity contribution in [3.63, 3.8) is 0 Å². The first-order valence-corrected chi connectivity index (χ1v) is 8.78. The van der Waals surface area contributed by atoms with Crippen molar-refractivity contribution in [3.05, 3.63) is 40.7 Å². The van der Waals surface area contributed by atoms with Gasteiger partial charge in [0, 0.05) is 19.8 Å². The van der Waals surface area contributed by atoms with Crippen molar-refractivity contribution in [3.8, 4) is 0 Å². The van der Waals surface area contributed by atoms with Crippen LogP contribution in [0.1, 0.15) is 39.7 Å². The van der Waals surface area contributed by atoms with Gasteiger partial charge in [-0.3, -0.25) is 9.59 Å². The first-order valence-electron chi connectivity index (χ1n) is 8.41. The fraction of sp³-hybridized carbons (Fsp3) is 0.412. The summed E-state index contributed by atoms with van der Waals surface area (Å²) in [4.78, 5) is 26.0. The summed E-state index contributed by atoms with van der Waals surface area (Å²) in [6, 6.07) is 5.04. The topological polar surface area (TPSA) is 92.2 Å². The average Bonchev–Trinajstić information content (AvgIpc) is 3.13. The van der Waals surface area contributed by atoms with Gasteiger partial charge in [0.15, 0.2) is 5.69 Å². The summed E-state index contributed by atoms with van der Waals surface area (Å²) < 4.78 is 1.75. The maximum absolute atomic E-state index is 12.4. The molecule has 0 atom stereocenters. The molecule has 3 rings (SSSR count). The lowest BCUT2D eigenvalue weighted by atomic mass is 10.1. The molecular weight excluding hydrogens is 391 g/mol. The van der Waals surface area contributed by atoms with Crippen molar-refractivity contribution in [2.45, 2.75) is 18.9 Å². The van der Waals surface area contributed by atoms with Crippen LogP contribution in [0.25, 0.3) is 0 Å². The predicted molar refractivity (Wildman–Crippen MR) is 106 cm³/mol. The van der Waals surface area contributed by atoms with Gasteiger partial charge in [-0.25, -0.2) is 4.68 Å². The molecule has 1 aromatic heterocycles. The Balaban J connectivity index is 0.00000261. The van der Waals surface area contributed by atoms with Crippen molar-refractivity contribution < 1.29 is 9.59 Å². The molecule has 10 heteroatoms. The summed E-state index contributed by atoms with van der Waals surface area (Å²) >= 11 is 6.09. The second-order valence-electron chi connectivity index (χ2n) is 6.41. The second kappa shape index (κ2) is 9.16. The zero-order valence-electron chi connectivity index (χ0n) is 15.1. The van der Waals surface area contributed by atoms with Gasteiger partial charge in [-0.15, -0.1) is 17.5 Å². The van der Waals surface area contributed by atoms with Crippen LogP contribution in [0.4, 0.5) is 5.69 Å². The number of aromatic nitrogens is 3. The highest BCUT2D eigenvalue weighted by Gasteiger charge is 2.19. The SMILES string of the molecule is CN(C)C(=O)c1cc(NC(=O)c2cn(C3CCNCC3)nn2)ccc1Cl.Cl. The number of nitrogens with one attached hydrogen (secondary N) is 2. The smallest absolute Gasteiger partial charge is 0.277 e. The van der Waals surface area contributed by atoms with Crippen LogP contribution in [0.5, 0.6) is 0 Å². The van der Waals surface area contributed by atoms with Gasteiger partial charge < -0.3 is 15.5 Å². The molecule has 0 bridgehead atoms. The molecule has 2 aromatic rings. The van der Waals surface area contributed by atoms with Crippen molar-refractivity contribution in [2.75, 3.05) is 32.5 Å². The molecule has 27 heavy (non-hydrogen) atoms. The van der Waals surface area contributed by atoms with Gasteiger partial charge in [0.05, 0.1) is 22.8 Å². The van der Waals surface area contributed by atoms with Gasteiger partial charge in [0.2, 0.25) is 0 Å². The fourth-order valence-corrected chi connectivity index (χ4v) is 3.03. The summed E-state index contributed by atoms with van der Waals surface area (Å²) in [5, 5.41) is 14.4. The Labute approximate surface area is 168 Å². The first kappa shape index (κ1) is 21.1. The Bertz CT molecular complexity index is 818. The molecule has 0 saturated carbocycles. The Hall–Kier alpha value is -2.16. The minimum absolute atomic E-state index is 0. The minimum atomic E-state index is -0.379. The van der Waals surface area contributed by atoms with Gasteiger partial charge in [0.1, 0.15) is 0 Å². The van der Waals surface area contributed by atoms with Crippen molar-refractivity contribution >= 4 is 41.5 Å². The Morgan fingerprint density at radius 1 is 1.30 bits per heavy atom. The molecule has 1 aliphatic heterocycles. The van der Waals surface area contributed by atoms with E-state index in [1.54, 1.807) is 43.2 Å². The molecule has 2 N–H and O–H groups in total. The van der Waals surface area contributed by atoms with Crippen LogP contribution >= 0.6 is 24.0 Å². The molecule has 1 saturated heterocycles. The van der Waals surface area contributed by atoms with Gasteiger partial charge in [-0.2, -0.15) is 0 Å². The van der Waals surface area contributed by atoms with Gasteiger partial charge in [-0.05, 0) is 44.1 Å². The maximum atomic E-state index is 12.4. The third-order valence-electron chi connectivity index (χ3n) is 4.29. The van der Waals surface area contributed by atoms with Gasteiger partial charge in [-0.1, -0.05) is 16.8 Å². The molecule has 0 unspecified atom stereocenters. The molecule has 1 fully saturated rings. The number of anilines is 1. The number of hydrogen-bond acceptors (Lipinski definition) is 5. The molecule has 0 radical (unpaired) electrons. The average molecular weight is 413 g/mol. The number of benzene rings is 1. The molecular formula is C17H22Cl2N6O2. The van der Waals surface area contributed by atoms with Crippen LogP contribution in [0, 0.1) is 0 Å². The van der Waals surface area contributed by atoms with Crippen molar-refractivity contribution in [2.24, 2.45) is 0 Å². The lowest BCUT2D eigenvalue weighted by Crippen LogP contribution is -2.29. The third kappa shape index (κ3) is 4.97. The summed E-state index contributed by atoms with van der Waals surface area (Å²) in [6.07, 6.45) is 3.57. The summed E-state index contributed by atoms with van der Waals surface area (Å²) in [5.41, 5.74) is 1.04. The Kier molecular flexibility index (Phi) is 7.18. The van der Waals surface area contributed by atoms with E-state index in [1.807, 2.05) is 0 Å². The van der Waals surface area contributed by atoms with E-state index < -0.39 is 0 Å². The first-order chi connectivity index (χ1) is 12.5. The fourth-order valence-electron chi connectivity index (χ4n) is 2.83. The molecule has 1 aliphatic rings. The van der Waals surface area contributed by atoms with Gasteiger partial charge >= 0.3 is 0 Å². The highest BCUT2D eigenvalue weighted by molar-refractivity contribution is 6.34. The third-order valence-corrected chi connectivity index (χ3v) is 4.62. The number of carbonyl (C=O) groups excluding carboxylic acids is 2. The predicted octanol–water partition coefficient (Wildman–Crippen LogP) is 2.23. The van der Waals surface area contributed by atoms with Crippen LogP contribution < -0.4 is 10.6 Å². The van der Waals surface area contributed by atoms with E-state index in [-0.39, 0.29) is 36.0 Å². The molecule has 146 valence electrons. The summed E-state index contributed by atoms with van der Waals surface area (Å²) in [7, 11) is 3.28. The number of amides is 2. The lowest BCUT2D eigenvalue weighted by molar-refractivity contribution is 0.0827. The van der Waals surface area contributed by atoms with E-state index in [2.05, 4.69) is 20.9 Å². The maximum Gasteiger partial charge on any atom is 0.277 e. The molecule has 8 nitrogen and oxygen atoms in total. The van der Waals surface area contributed by atoms with Crippen LogP contribution in [0.3, 0.4) is 0 Å². The standard InChI is InChI=1S/C17H21ClN6O2.ClH/c1-23(2)17(26)13-9-11(3-4-14(13)18)20-16(25)15-10-24(22-21-15)12-5-7-19-8-6-12;/h3-4,9-10,12,19H,5-8H2,1-2H3,(H,20,25);1H. The number of nitrogens with zero attached hydrogens (tertiary/aromatic N) is 4. The molecule has 0 spiro atoms. The van der Waals surface area contributed by atoms with Crippen molar-refractivity contribution in [1.29, 1.82) is 0 Å². The van der Waals surface area contributed by atoms with Crippen LogP contribution in [0.15, 0.2) is 24.4 Å². The van der Waals surface area contributed by atoms with Crippen LogP contribution in [0.2, 0.25) is 5.02 Å². The molecule has 0 aliphatic carbocycles. The van der Waals surface area contributed by atoms with Crippen LogP contribution in [-0.4, -0.2) is 58.9 Å². The highest BCUT2D eigenvalue weighted by atomic mass is 35.5. The zero-order valence-corrected chi connectivity index (χ0v) is 16.7. The number of rotatable bonds is 4. The van der Waals surface area contributed by atoms with E-state index in [0.717, 1.165) is 25.9 Å². The second-order valence-corrected chi connectivity index (χ2v) is 6.82. The van der Waals surface area contributed by atoms with Crippen molar-refractivity contribution in [1.82, 2.24) is 25.2 Å². The monoisotopic (exact) mass is 412 g/mol. The number of hydrogen-bond donors (Lipinski definition) is 2. The Morgan fingerprint density at radius 3 is 2.67 bits per heavy atom. The van der Waals surface area contributed by atoms with E-state index in [9.17, 15) is 9.59 Å². The van der Waals surface area contributed by atoms with E-state index >= 15 is 0 Å². The molecule has 1 aromatic carbocycles. The molecule has 2 heterocycles. The quantitative estimate of drug-likeness (QED) is 0.802. The van der Waals surface area contributed by atoms with E-state index in [1.165, 1.54) is 4.90 Å². The van der Waals surface area contributed by atoms with E-state index in [4.69, 9.17) is 11.6 Å². The minimum Gasteiger partial charge on any atom is -0.345 e. The Morgan fingerprint density at radius 2 is 2.00 bits per heavy atom. The summed E-state index contributed by atoms with van der Waals surface area (Å²) in [6.45, 7) is 1.86. The zero-order chi connectivity index (χ0) is 18.7. The largest absolute Gasteiger partial charge is 0.345 e. The van der Waals surface area contributed by atoms with E-state index in [0.29, 0.717) is 16.3 Å². The summed E-state index contributed by atoms with van der Waals surface area (Å²) in [5.74, 6) is -0.612. The molecule has 2 amide bonds. The number of halogens is 2. The normalized spacial score (nSPS) is 14.3. The number of carbonyl (C=O) groups is 2. The number of piperidine rings is 1. The van der Waals surface area contributed by atoms with Crippen LogP contribution in [-0.2, 0) is 0 Å². The highest BCUT2D eigenvalue weighted by Crippen LogP contribution is 2.22. The van der Waals surface area contributed by atoms with Gasteiger partial charge in [0.25, 0.3) is 11.8 Å². The lowest BCUT2D eigenvalue weighted by Gasteiger charge is -2.22.